The maximum absolute atomic E-state index is 12.8. The van der Waals surface area contributed by atoms with E-state index in [0.29, 0.717) is 0 Å². The van der Waals surface area contributed by atoms with Gasteiger partial charge in [-0.25, -0.2) is 4.99 Å². The first-order valence-electron chi connectivity index (χ1n) is 13.1. The van der Waals surface area contributed by atoms with Crippen LogP contribution in [0, 0.1) is 11.3 Å². The monoisotopic (exact) mass is 460 g/mol. The van der Waals surface area contributed by atoms with E-state index in [-0.39, 0.29) is 11.3 Å². The van der Waals surface area contributed by atoms with Crippen LogP contribution in [0.3, 0.4) is 0 Å². The van der Waals surface area contributed by atoms with Gasteiger partial charge in [-0.3, -0.25) is 9.79 Å². The number of hydrogen-bond acceptors (Lipinski definition) is 3. The maximum atomic E-state index is 12.8. The van der Waals surface area contributed by atoms with Crippen molar-refractivity contribution in [3.8, 4) is 0 Å². The Morgan fingerprint density at radius 1 is 1.09 bits per heavy atom. The minimum Gasteiger partial charge on any atom is -0.344 e. The minimum absolute atomic E-state index is 0.111. The normalized spacial score (nSPS) is 21.5. The van der Waals surface area contributed by atoms with E-state index in [0.717, 1.165) is 48.9 Å². The van der Waals surface area contributed by atoms with Crippen molar-refractivity contribution in [1.29, 1.82) is 0 Å². The first kappa shape index (κ1) is 24.4. The van der Waals surface area contributed by atoms with Crippen molar-refractivity contribution in [2.75, 3.05) is 25.5 Å². The zero-order chi connectivity index (χ0) is 23.8. The van der Waals surface area contributed by atoms with Crippen molar-refractivity contribution in [2.24, 2.45) is 21.3 Å². The summed E-state index contributed by atoms with van der Waals surface area (Å²) in [6.07, 6.45) is 21.0. The first-order valence-corrected chi connectivity index (χ1v) is 13.1. The number of rotatable bonds is 7. The number of hydrogen-bond donors (Lipinski definition) is 1. The molecule has 1 aliphatic heterocycles. The average molecular weight is 461 g/mol. The summed E-state index contributed by atoms with van der Waals surface area (Å²) in [6.45, 7) is 3.57. The number of amidine groups is 1. The number of nitrogens with one attached hydrogen (secondary N) is 1. The van der Waals surface area contributed by atoms with Gasteiger partial charge in [-0.2, -0.15) is 0 Å². The molecule has 3 aliphatic rings. The van der Waals surface area contributed by atoms with Crippen LogP contribution in [-0.2, 0) is 0 Å². The van der Waals surface area contributed by atoms with E-state index >= 15 is 0 Å². The van der Waals surface area contributed by atoms with Crippen molar-refractivity contribution >= 4 is 23.6 Å². The van der Waals surface area contributed by atoms with E-state index in [1.54, 1.807) is 0 Å². The summed E-state index contributed by atoms with van der Waals surface area (Å²) >= 11 is 0. The maximum Gasteiger partial charge on any atom is 0.253 e. The van der Waals surface area contributed by atoms with Crippen LogP contribution in [0.4, 0.5) is 5.69 Å². The predicted octanol–water partition coefficient (Wildman–Crippen LogP) is 6.64. The van der Waals surface area contributed by atoms with Crippen LogP contribution >= 0.6 is 0 Å². The van der Waals surface area contributed by atoms with Crippen molar-refractivity contribution in [1.82, 2.24) is 4.90 Å². The van der Waals surface area contributed by atoms with Crippen LogP contribution in [0.5, 0.6) is 0 Å². The van der Waals surface area contributed by atoms with Gasteiger partial charge >= 0.3 is 0 Å². The Bertz CT molecular complexity index is 937. The van der Waals surface area contributed by atoms with Crippen molar-refractivity contribution in [2.45, 2.75) is 71.1 Å². The van der Waals surface area contributed by atoms with Crippen LogP contribution in [0.15, 0.2) is 58.2 Å². The van der Waals surface area contributed by atoms with E-state index in [4.69, 9.17) is 4.99 Å². The SMILES string of the molecule is CN=C/C(=C/N=C(C)Nc1ccc(C(=O)N2CCC=CCC2)cc1)C1(CC2CCCCC2)CC1. The molecule has 1 N–H and O–H groups in total. The first-order chi connectivity index (χ1) is 16.6. The fourth-order valence-electron chi connectivity index (χ4n) is 5.45. The Hall–Kier alpha value is -2.69. The molecule has 2 saturated carbocycles. The average Bonchev–Trinajstić information content (AvgIpc) is 3.67. The largest absolute Gasteiger partial charge is 0.344 e. The molecular weight excluding hydrogens is 420 g/mol. The second-order valence-corrected chi connectivity index (χ2v) is 10.2. The molecule has 1 aromatic rings. The van der Waals surface area contributed by atoms with Gasteiger partial charge in [0.2, 0.25) is 0 Å². The van der Waals surface area contributed by atoms with Crippen LogP contribution in [0.25, 0.3) is 0 Å². The fourth-order valence-corrected chi connectivity index (χ4v) is 5.45. The number of nitrogens with zero attached hydrogens (tertiary/aromatic N) is 3. The fraction of sp³-hybridized carbons (Fsp3) is 0.552. The van der Waals surface area contributed by atoms with Crippen LogP contribution < -0.4 is 5.32 Å². The number of benzene rings is 1. The molecule has 1 heterocycles. The molecule has 0 saturated heterocycles. The Balaban J connectivity index is 1.37. The molecule has 0 aromatic heterocycles. The summed E-state index contributed by atoms with van der Waals surface area (Å²) in [4.78, 5) is 23.8. The molecule has 2 aliphatic carbocycles. The lowest BCUT2D eigenvalue weighted by Crippen LogP contribution is -2.31. The quantitative estimate of drug-likeness (QED) is 0.281. The zero-order valence-corrected chi connectivity index (χ0v) is 20.9. The van der Waals surface area contributed by atoms with E-state index in [1.807, 2.05) is 55.6 Å². The number of amides is 1. The molecular formula is C29H40N4O. The lowest BCUT2D eigenvalue weighted by molar-refractivity contribution is 0.0764. The summed E-state index contributed by atoms with van der Waals surface area (Å²) in [6, 6.07) is 7.74. The molecule has 0 spiro atoms. The highest BCUT2D eigenvalue weighted by Gasteiger charge is 2.46. The summed E-state index contributed by atoms with van der Waals surface area (Å²) in [5.74, 6) is 1.81. The minimum atomic E-state index is 0.111. The van der Waals surface area contributed by atoms with Gasteiger partial charge in [0.25, 0.3) is 5.91 Å². The van der Waals surface area contributed by atoms with Gasteiger partial charge in [0.15, 0.2) is 0 Å². The molecule has 1 amide bonds. The number of allylic oxidation sites excluding steroid dienone is 1. The van der Waals surface area contributed by atoms with Gasteiger partial charge in [0.1, 0.15) is 5.84 Å². The molecule has 0 atom stereocenters. The van der Waals surface area contributed by atoms with Gasteiger partial charge in [-0.05, 0) is 80.2 Å². The Morgan fingerprint density at radius 3 is 2.38 bits per heavy atom. The second kappa shape index (κ2) is 11.6. The lowest BCUT2D eigenvalue weighted by atomic mass is 9.79. The summed E-state index contributed by atoms with van der Waals surface area (Å²) in [7, 11) is 1.85. The van der Waals surface area contributed by atoms with Crippen LogP contribution in [0.2, 0.25) is 0 Å². The summed E-state index contributed by atoms with van der Waals surface area (Å²) in [5, 5.41) is 3.37. The third kappa shape index (κ3) is 6.46. The molecule has 0 bridgehead atoms. The number of carbonyl (C=O) groups is 1. The topological polar surface area (TPSA) is 57.1 Å². The molecule has 4 rings (SSSR count). The van der Waals surface area contributed by atoms with E-state index in [9.17, 15) is 4.79 Å². The standard InChI is InChI=1S/C29H40N4O/c1-23(31-22-26(21-30-2)29(16-17-29)20-24-10-6-5-7-11-24)32-27-14-12-25(13-15-27)28(34)33-18-8-3-4-9-19-33/h3-4,12-15,21-22,24H,5-11,16-20H2,1-2H3,(H,31,32)/b26-22-,30-21?. The third-order valence-corrected chi connectivity index (χ3v) is 7.58. The summed E-state index contributed by atoms with van der Waals surface area (Å²) < 4.78 is 0. The zero-order valence-electron chi connectivity index (χ0n) is 20.9. The van der Waals surface area contributed by atoms with Gasteiger partial charge in [-0.15, -0.1) is 0 Å². The number of anilines is 1. The predicted molar refractivity (Wildman–Crippen MR) is 143 cm³/mol. The highest BCUT2D eigenvalue weighted by molar-refractivity contribution is 5.97. The van der Waals surface area contributed by atoms with Gasteiger partial charge in [0.05, 0.1) is 0 Å². The molecule has 1 aromatic carbocycles. The van der Waals surface area contributed by atoms with Crippen molar-refractivity contribution in [3.63, 3.8) is 0 Å². The van der Waals surface area contributed by atoms with E-state index < -0.39 is 0 Å². The number of aliphatic imine (C=N–C) groups is 2. The number of carbonyl (C=O) groups excluding carboxylic acids is 1. The Kier molecular flexibility index (Phi) is 8.36. The van der Waals surface area contributed by atoms with E-state index in [2.05, 4.69) is 22.5 Å². The molecule has 182 valence electrons. The van der Waals surface area contributed by atoms with E-state index in [1.165, 1.54) is 56.9 Å². The summed E-state index contributed by atoms with van der Waals surface area (Å²) in [5.41, 5.74) is 3.24. The molecule has 5 heteroatoms. The lowest BCUT2D eigenvalue weighted by Gasteiger charge is -2.26. The van der Waals surface area contributed by atoms with Crippen molar-refractivity contribution < 1.29 is 4.79 Å². The van der Waals surface area contributed by atoms with Crippen LogP contribution in [-0.4, -0.2) is 43.0 Å². The van der Waals surface area contributed by atoms with Gasteiger partial charge < -0.3 is 10.2 Å². The smallest absolute Gasteiger partial charge is 0.253 e. The van der Waals surface area contributed by atoms with Crippen molar-refractivity contribution in [3.05, 3.63) is 53.8 Å². The molecule has 2 fully saturated rings. The Labute approximate surface area is 205 Å². The Morgan fingerprint density at radius 2 is 1.76 bits per heavy atom. The molecule has 5 nitrogen and oxygen atoms in total. The molecule has 0 unspecified atom stereocenters. The second-order valence-electron chi connectivity index (χ2n) is 10.2. The highest BCUT2D eigenvalue weighted by atomic mass is 16.2. The van der Waals surface area contributed by atoms with Gasteiger partial charge in [0, 0.05) is 43.8 Å². The molecule has 34 heavy (non-hydrogen) atoms. The van der Waals surface area contributed by atoms with Crippen LogP contribution in [0.1, 0.15) is 81.5 Å². The highest BCUT2D eigenvalue weighted by Crippen LogP contribution is 2.57. The molecule has 0 radical (unpaired) electrons. The van der Waals surface area contributed by atoms with Gasteiger partial charge in [-0.1, -0.05) is 44.3 Å². The third-order valence-electron chi connectivity index (χ3n) is 7.58.